The van der Waals surface area contributed by atoms with Gasteiger partial charge < -0.3 is 20.6 Å². The van der Waals surface area contributed by atoms with E-state index in [1.165, 1.54) is 0 Å². The second-order valence-corrected chi connectivity index (χ2v) is 2.85. The number of nitrogens with two attached hydrogens (primary N) is 1. The van der Waals surface area contributed by atoms with Crippen molar-refractivity contribution >= 4 is 0 Å². The van der Waals surface area contributed by atoms with Crippen LogP contribution < -0.4 is 15.9 Å². The Morgan fingerprint density at radius 2 is 2.12 bits per heavy atom. The van der Waals surface area contributed by atoms with E-state index in [0.717, 1.165) is 6.20 Å². The molecule has 4 N–H and O–H groups in total. The number of aliphatic hydroxyl groups is 1. The van der Waals surface area contributed by atoms with Crippen molar-refractivity contribution in [1.82, 2.24) is 4.98 Å². The molecule has 0 fully saturated rings. The van der Waals surface area contributed by atoms with Gasteiger partial charge in [0, 0.05) is 24.0 Å². The highest BCUT2D eigenvalue weighted by molar-refractivity contribution is 5.29. The molecule has 0 aliphatic rings. The van der Waals surface area contributed by atoms with Gasteiger partial charge in [0.1, 0.15) is 0 Å². The van der Waals surface area contributed by atoms with Gasteiger partial charge in [0.2, 0.25) is 5.43 Å². The molecule has 0 aliphatic carbocycles. The Morgan fingerprint density at radius 3 is 2.56 bits per heavy atom. The molecule has 5 nitrogen and oxygen atoms in total. The first-order valence-electron chi connectivity index (χ1n) is 4.19. The molecule has 0 saturated carbocycles. The molecule has 1 aromatic rings. The molecule has 16 heavy (non-hydrogen) atoms. The van der Waals surface area contributed by atoms with Crippen LogP contribution in [0, 0.1) is 0 Å². The second-order valence-electron chi connectivity index (χ2n) is 2.85. The van der Waals surface area contributed by atoms with Crippen molar-refractivity contribution in [2.24, 2.45) is 5.73 Å². The van der Waals surface area contributed by atoms with Crippen LogP contribution in [-0.2, 0) is 13.2 Å². The van der Waals surface area contributed by atoms with Gasteiger partial charge >= 0.3 is 6.36 Å². The number of pyridine rings is 1. The van der Waals surface area contributed by atoms with E-state index in [-0.39, 0.29) is 17.8 Å². The van der Waals surface area contributed by atoms with Gasteiger partial charge in [0.25, 0.3) is 0 Å². The fraction of sp³-hybridized carbons (Fsp3) is 0.375. The van der Waals surface area contributed by atoms with Crippen molar-refractivity contribution in [1.29, 1.82) is 0 Å². The minimum Gasteiger partial charge on any atom is -0.400 e. The molecular formula is C8H9F3N2O3. The number of H-pyrrole nitrogens is 1. The van der Waals surface area contributed by atoms with E-state index in [2.05, 4.69) is 9.72 Å². The van der Waals surface area contributed by atoms with Gasteiger partial charge in [0.05, 0.1) is 6.61 Å². The van der Waals surface area contributed by atoms with Gasteiger partial charge in [-0.15, -0.1) is 13.2 Å². The summed E-state index contributed by atoms with van der Waals surface area (Å²) in [5, 5.41) is 8.84. The van der Waals surface area contributed by atoms with Crippen LogP contribution in [0.3, 0.4) is 0 Å². The predicted molar refractivity (Wildman–Crippen MR) is 47.6 cm³/mol. The van der Waals surface area contributed by atoms with Crippen molar-refractivity contribution < 1.29 is 23.0 Å². The maximum Gasteiger partial charge on any atom is 0.573 e. The zero-order chi connectivity index (χ0) is 12.3. The Labute approximate surface area is 87.7 Å². The number of halogens is 3. The lowest BCUT2D eigenvalue weighted by atomic mass is 10.2. The molecule has 0 aromatic carbocycles. The molecule has 8 heteroatoms. The molecule has 0 aliphatic heterocycles. The Kier molecular flexibility index (Phi) is 3.55. The Bertz CT molecular complexity index is 428. The lowest BCUT2D eigenvalue weighted by Gasteiger charge is -2.10. The highest BCUT2D eigenvalue weighted by Gasteiger charge is 2.32. The maximum absolute atomic E-state index is 11.9. The molecule has 0 spiro atoms. The van der Waals surface area contributed by atoms with Crippen molar-refractivity contribution in [3.8, 4) is 5.75 Å². The van der Waals surface area contributed by atoms with E-state index in [9.17, 15) is 18.0 Å². The summed E-state index contributed by atoms with van der Waals surface area (Å²) in [5.74, 6) is -0.922. The van der Waals surface area contributed by atoms with Gasteiger partial charge in [-0.1, -0.05) is 0 Å². The van der Waals surface area contributed by atoms with Crippen molar-refractivity contribution in [2.45, 2.75) is 19.5 Å². The fourth-order valence-electron chi connectivity index (χ4n) is 1.14. The molecule has 0 amide bonds. The topological polar surface area (TPSA) is 88.3 Å². The van der Waals surface area contributed by atoms with Crippen LogP contribution in [0.4, 0.5) is 13.2 Å². The average Bonchev–Trinajstić information content (AvgIpc) is 2.19. The monoisotopic (exact) mass is 238 g/mol. The third-order valence-electron chi connectivity index (χ3n) is 1.83. The number of rotatable bonds is 3. The third-order valence-corrected chi connectivity index (χ3v) is 1.83. The summed E-state index contributed by atoms with van der Waals surface area (Å²) in [4.78, 5) is 13.8. The highest BCUT2D eigenvalue weighted by Crippen LogP contribution is 2.19. The van der Waals surface area contributed by atoms with E-state index in [0.29, 0.717) is 0 Å². The molecule has 0 saturated heterocycles. The number of hydrogen-bond donors (Lipinski definition) is 3. The molecule has 0 bridgehead atoms. The normalized spacial score (nSPS) is 11.6. The predicted octanol–water partition coefficient (Wildman–Crippen LogP) is 0.225. The molecule has 0 unspecified atom stereocenters. The van der Waals surface area contributed by atoms with Crippen LogP contribution in [0.15, 0.2) is 11.0 Å². The Hall–Kier alpha value is -1.54. The second kappa shape index (κ2) is 4.54. The summed E-state index contributed by atoms with van der Waals surface area (Å²) in [6.07, 6.45) is -4.19. The lowest BCUT2D eigenvalue weighted by Crippen LogP contribution is -2.25. The van der Waals surface area contributed by atoms with E-state index in [1.54, 1.807) is 0 Å². The number of aliphatic hydroxyl groups excluding tert-OH is 1. The van der Waals surface area contributed by atoms with E-state index in [1.807, 2.05) is 0 Å². The summed E-state index contributed by atoms with van der Waals surface area (Å²) < 4.78 is 39.1. The highest BCUT2D eigenvalue weighted by atomic mass is 19.4. The van der Waals surface area contributed by atoms with Crippen LogP contribution in [0.25, 0.3) is 0 Å². The standard InChI is InChI=1S/C8H9F3N2O3/c9-8(10,11)16-6-2-13-5(1-12)4(3-14)7(6)15/h2,14H,1,3,12H2,(H,13,15). The zero-order valence-corrected chi connectivity index (χ0v) is 7.97. The molecule has 90 valence electrons. The van der Waals surface area contributed by atoms with Crippen LogP contribution >= 0.6 is 0 Å². The van der Waals surface area contributed by atoms with Gasteiger partial charge in [-0.2, -0.15) is 0 Å². The van der Waals surface area contributed by atoms with Gasteiger partial charge in [-0.3, -0.25) is 4.79 Å². The molecule has 1 aromatic heterocycles. The molecular weight excluding hydrogens is 229 g/mol. The molecule has 1 heterocycles. The van der Waals surface area contributed by atoms with Gasteiger partial charge in [-0.25, -0.2) is 0 Å². The number of hydrogen-bond acceptors (Lipinski definition) is 4. The van der Waals surface area contributed by atoms with Crippen molar-refractivity contribution in [3.63, 3.8) is 0 Å². The summed E-state index contributed by atoms with van der Waals surface area (Å²) in [6, 6.07) is 0. The maximum atomic E-state index is 11.9. The van der Waals surface area contributed by atoms with Crippen LogP contribution in [-0.4, -0.2) is 16.5 Å². The summed E-state index contributed by atoms with van der Waals surface area (Å²) in [7, 11) is 0. The first-order valence-corrected chi connectivity index (χ1v) is 4.19. The quantitative estimate of drug-likeness (QED) is 0.703. The van der Waals surface area contributed by atoms with Gasteiger partial charge in [-0.05, 0) is 0 Å². The lowest BCUT2D eigenvalue weighted by molar-refractivity contribution is -0.275. The van der Waals surface area contributed by atoms with E-state index in [4.69, 9.17) is 10.8 Å². The Balaban J connectivity index is 3.20. The molecule has 1 rings (SSSR count). The van der Waals surface area contributed by atoms with E-state index >= 15 is 0 Å². The summed E-state index contributed by atoms with van der Waals surface area (Å²) >= 11 is 0. The first-order chi connectivity index (χ1) is 7.39. The average molecular weight is 238 g/mol. The first kappa shape index (κ1) is 12.5. The number of alkyl halides is 3. The summed E-state index contributed by atoms with van der Waals surface area (Å²) in [5.41, 5.74) is 4.14. The number of aromatic amines is 1. The largest absolute Gasteiger partial charge is 0.573 e. The van der Waals surface area contributed by atoms with Crippen molar-refractivity contribution in [2.75, 3.05) is 0 Å². The minimum atomic E-state index is -4.95. The number of aromatic nitrogens is 1. The van der Waals surface area contributed by atoms with E-state index < -0.39 is 24.1 Å². The number of nitrogens with one attached hydrogen (secondary N) is 1. The Morgan fingerprint density at radius 1 is 1.50 bits per heavy atom. The van der Waals surface area contributed by atoms with Crippen LogP contribution in [0.1, 0.15) is 11.3 Å². The molecule has 0 atom stereocenters. The van der Waals surface area contributed by atoms with Crippen molar-refractivity contribution in [3.05, 3.63) is 27.7 Å². The minimum absolute atomic E-state index is 0.0998. The summed E-state index contributed by atoms with van der Waals surface area (Å²) in [6.45, 7) is -0.811. The van der Waals surface area contributed by atoms with Crippen LogP contribution in [0.5, 0.6) is 5.75 Å². The number of ether oxygens (including phenoxy) is 1. The van der Waals surface area contributed by atoms with Crippen LogP contribution in [0.2, 0.25) is 0 Å². The smallest absolute Gasteiger partial charge is 0.400 e. The molecule has 0 radical (unpaired) electrons. The SMILES string of the molecule is NCc1[nH]cc(OC(F)(F)F)c(=O)c1CO. The third kappa shape index (κ3) is 2.74. The fourth-order valence-corrected chi connectivity index (χ4v) is 1.14. The zero-order valence-electron chi connectivity index (χ0n) is 7.97. The van der Waals surface area contributed by atoms with Gasteiger partial charge in [0.15, 0.2) is 5.75 Å².